The summed E-state index contributed by atoms with van der Waals surface area (Å²) in [5, 5.41) is 0. The average Bonchev–Trinajstić information content (AvgIpc) is 2.02. The topological polar surface area (TPSA) is 0 Å². The summed E-state index contributed by atoms with van der Waals surface area (Å²) >= 11 is 0. The lowest BCUT2D eigenvalue weighted by Gasteiger charge is -2.09. The highest BCUT2D eigenvalue weighted by Gasteiger charge is 2.31. The zero-order valence-corrected chi connectivity index (χ0v) is 8.18. The van der Waals surface area contributed by atoms with E-state index in [-0.39, 0.29) is 4.90 Å². The summed E-state index contributed by atoms with van der Waals surface area (Å²) in [5.41, 5.74) is -0.836. The second kappa shape index (κ2) is 3.73. The van der Waals surface area contributed by atoms with Gasteiger partial charge >= 0.3 is 6.18 Å². The third-order valence-corrected chi connectivity index (χ3v) is 2.70. The van der Waals surface area contributed by atoms with Crippen LogP contribution in [0.25, 0.3) is 0 Å². The largest absolute Gasteiger partial charge is 0.416 e. The van der Waals surface area contributed by atoms with Crippen LogP contribution in [0.5, 0.6) is 0 Å². The minimum Gasteiger partial charge on any atom is -0.206 e. The van der Waals surface area contributed by atoms with Crippen molar-refractivity contribution in [3.05, 3.63) is 29.6 Å². The van der Waals surface area contributed by atoms with Gasteiger partial charge in [0.1, 0.15) is 5.82 Å². The van der Waals surface area contributed by atoms with Crippen molar-refractivity contribution in [2.45, 2.75) is 11.1 Å². The van der Waals surface area contributed by atoms with E-state index < -0.39 is 28.0 Å². The van der Waals surface area contributed by atoms with Gasteiger partial charge in [0.25, 0.3) is 0 Å². The van der Waals surface area contributed by atoms with Crippen LogP contribution in [-0.2, 0) is 6.18 Å². The number of halogens is 4. The van der Waals surface area contributed by atoms with Crippen LogP contribution in [0, 0.1) is 5.82 Å². The SMILES string of the molecule is C=S(C)c1cc(C(F)(F)F)ccc1F. The van der Waals surface area contributed by atoms with E-state index in [1.807, 2.05) is 0 Å². The van der Waals surface area contributed by atoms with E-state index in [1.54, 1.807) is 6.26 Å². The van der Waals surface area contributed by atoms with E-state index in [2.05, 4.69) is 5.87 Å². The molecule has 14 heavy (non-hydrogen) atoms. The second-order valence-electron chi connectivity index (χ2n) is 2.78. The Labute approximate surface area is 81.5 Å². The molecule has 0 bridgehead atoms. The molecule has 1 aromatic carbocycles. The molecule has 0 aliphatic rings. The van der Waals surface area contributed by atoms with Gasteiger partial charge in [-0.05, 0) is 24.5 Å². The first-order chi connectivity index (χ1) is 6.32. The maximum atomic E-state index is 13.0. The van der Waals surface area contributed by atoms with Crippen LogP contribution in [0.15, 0.2) is 23.1 Å². The Morgan fingerprint density at radius 3 is 2.29 bits per heavy atom. The molecule has 0 N–H and O–H groups in total. The summed E-state index contributed by atoms with van der Waals surface area (Å²) in [4.78, 5) is 0.0137. The molecule has 1 rings (SSSR count). The summed E-state index contributed by atoms with van der Waals surface area (Å²) < 4.78 is 49.7. The normalized spacial score (nSPS) is 14.1. The molecule has 1 atom stereocenters. The van der Waals surface area contributed by atoms with E-state index >= 15 is 0 Å². The second-order valence-corrected chi connectivity index (χ2v) is 4.49. The number of rotatable bonds is 1. The van der Waals surface area contributed by atoms with E-state index in [9.17, 15) is 17.6 Å². The molecule has 0 aliphatic carbocycles. The van der Waals surface area contributed by atoms with Crippen molar-refractivity contribution in [2.24, 2.45) is 0 Å². The Balaban J connectivity index is 3.27. The number of benzene rings is 1. The summed E-state index contributed by atoms with van der Waals surface area (Å²) in [7, 11) is -0.761. The zero-order chi connectivity index (χ0) is 10.9. The molecule has 1 aromatic rings. The van der Waals surface area contributed by atoms with Gasteiger partial charge in [-0.2, -0.15) is 23.7 Å². The lowest BCUT2D eigenvalue weighted by Crippen LogP contribution is -2.05. The minimum atomic E-state index is -4.43. The number of alkyl halides is 3. The first-order valence-corrected chi connectivity index (χ1v) is 5.45. The number of hydrogen-bond donors (Lipinski definition) is 0. The zero-order valence-electron chi connectivity index (χ0n) is 7.36. The maximum absolute atomic E-state index is 13.0. The van der Waals surface area contributed by atoms with E-state index in [0.717, 1.165) is 18.2 Å². The molecule has 1 unspecified atom stereocenters. The molecule has 0 spiro atoms. The fraction of sp³-hybridized carbons (Fsp3) is 0.222. The van der Waals surface area contributed by atoms with Crippen LogP contribution in [0.3, 0.4) is 0 Å². The Bertz CT molecular complexity index is 368. The molecule has 0 heterocycles. The molecular formula is C9H8F4S. The Hall–Kier alpha value is -0.840. The lowest BCUT2D eigenvalue weighted by molar-refractivity contribution is -0.137. The molecule has 0 aliphatic heterocycles. The molecule has 0 saturated carbocycles. The van der Waals surface area contributed by atoms with Gasteiger partial charge in [0.2, 0.25) is 0 Å². The Kier molecular flexibility index (Phi) is 2.99. The van der Waals surface area contributed by atoms with Crippen LogP contribution in [0.2, 0.25) is 0 Å². The van der Waals surface area contributed by atoms with Crippen LogP contribution in [0.4, 0.5) is 17.6 Å². The lowest BCUT2D eigenvalue weighted by atomic mass is 10.2. The molecule has 5 heteroatoms. The fourth-order valence-electron chi connectivity index (χ4n) is 0.947. The first-order valence-electron chi connectivity index (χ1n) is 3.65. The standard InChI is InChI=1S/C9H8F4S/c1-14(2)8-5-6(9(11,12)13)3-4-7(8)10/h3-5H,1H2,2H3. The van der Waals surface area contributed by atoms with Gasteiger partial charge in [0.15, 0.2) is 0 Å². The molecule has 78 valence electrons. The maximum Gasteiger partial charge on any atom is 0.416 e. The van der Waals surface area contributed by atoms with Crippen molar-refractivity contribution in [1.82, 2.24) is 0 Å². The molecule has 0 amide bonds. The molecule has 0 nitrogen and oxygen atoms in total. The van der Waals surface area contributed by atoms with Gasteiger partial charge in [-0.1, -0.05) is 5.87 Å². The van der Waals surface area contributed by atoms with Crippen molar-refractivity contribution in [3.8, 4) is 0 Å². The number of hydrogen-bond acceptors (Lipinski definition) is 0. The minimum absolute atomic E-state index is 0.0137. The van der Waals surface area contributed by atoms with Crippen molar-refractivity contribution in [3.63, 3.8) is 0 Å². The molecular weight excluding hydrogens is 216 g/mol. The Morgan fingerprint density at radius 2 is 1.86 bits per heavy atom. The van der Waals surface area contributed by atoms with Gasteiger partial charge in [0.05, 0.1) is 5.56 Å². The monoisotopic (exact) mass is 224 g/mol. The summed E-state index contributed by atoms with van der Waals surface area (Å²) in [5.74, 6) is 2.87. The van der Waals surface area contributed by atoms with E-state index in [4.69, 9.17) is 0 Å². The predicted octanol–water partition coefficient (Wildman–Crippen LogP) is 3.53. The van der Waals surface area contributed by atoms with Gasteiger partial charge in [0, 0.05) is 4.90 Å². The van der Waals surface area contributed by atoms with Gasteiger partial charge < -0.3 is 0 Å². The van der Waals surface area contributed by atoms with Gasteiger partial charge in [-0.15, -0.1) is 0 Å². The smallest absolute Gasteiger partial charge is 0.206 e. The van der Waals surface area contributed by atoms with Crippen molar-refractivity contribution < 1.29 is 17.6 Å². The summed E-state index contributed by atoms with van der Waals surface area (Å²) in [6.45, 7) is 0. The van der Waals surface area contributed by atoms with Crippen LogP contribution in [-0.4, -0.2) is 12.1 Å². The fourth-order valence-corrected chi connectivity index (χ4v) is 1.68. The van der Waals surface area contributed by atoms with E-state index in [1.165, 1.54) is 0 Å². The quantitative estimate of drug-likeness (QED) is 0.505. The third-order valence-electron chi connectivity index (χ3n) is 1.63. The Morgan fingerprint density at radius 1 is 1.29 bits per heavy atom. The van der Waals surface area contributed by atoms with Crippen LogP contribution in [0.1, 0.15) is 5.56 Å². The highest BCUT2D eigenvalue weighted by molar-refractivity contribution is 8.13. The molecule has 0 saturated heterocycles. The van der Waals surface area contributed by atoms with Gasteiger partial charge in [-0.3, -0.25) is 0 Å². The predicted molar refractivity (Wildman–Crippen MR) is 50.3 cm³/mol. The van der Waals surface area contributed by atoms with Crippen molar-refractivity contribution in [1.29, 1.82) is 0 Å². The molecule has 0 radical (unpaired) electrons. The van der Waals surface area contributed by atoms with Crippen LogP contribution < -0.4 is 0 Å². The highest BCUT2D eigenvalue weighted by atomic mass is 32.2. The van der Waals surface area contributed by atoms with Crippen LogP contribution >= 0.6 is 10.5 Å². The third kappa shape index (κ3) is 2.35. The summed E-state index contributed by atoms with van der Waals surface area (Å²) in [6, 6.07) is 2.37. The molecule has 0 fully saturated rings. The highest BCUT2D eigenvalue weighted by Crippen LogP contribution is 2.33. The summed E-state index contributed by atoms with van der Waals surface area (Å²) in [6.07, 6.45) is -2.86. The molecule has 0 aromatic heterocycles. The van der Waals surface area contributed by atoms with Crippen molar-refractivity contribution >= 4 is 16.4 Å². The first kappa shape index (κ1) is 11.2. The van der Waals surface area contributed by atoms with Gasteiger partial charge in [-0.25, -0.2) is 4.39 Å². The average molecular weight is 224 g/mol. The van der Waals surface area contributed by atoms with E-state index in [0.29, 0.717) is 0 Å². The van der Waals surface area contributed by atoms with Crippen molar-refractivity contribution in [2.75, 3.05) is 6.26 Å².